The Morgan fingerprint density at radius 3 is 2.62 bits per heavy atom. The smallest absolute Gasteiger partial charge is 0.205 e. The Balaban J connectivity index is 1.60. The lowest BCUT2D eigenvalue weighted by Crippen LogP contribution is -2.46. The summed E-state index contributed by atoms with van der Waals surface area (Å²) >= 11 is 1.51. The SMILES string of the molecule is CCCc1nsc(N2CCN(c3ccc(N)nc3)CC2)n1. The van der Waals surface area contributed by atoms with Crippen LogP contribution in [0.1, 0.15) is 19.2 Å². The molecule has 21 heavy (non-hydrogen) atoms. The van der Waals surface area contributed by atoms with E-state index in [9.17, 15) is 0 Å². The fourth-order valence-corrected chi connectivity index (χ4v) is 3.20. The lowest BCUT2D eigenvalue weighted by Gasteiger charge is -2.35. The Hall–Kier alpha value is -1.89. The molecule has 0 saturated carbocycles. The second-order valence-corrected chi connectivity index (χ2v) is 5.89. The number of rotatable bonds is 4. The second-order valence-electron chi connectivity index (χ2n) is 5.16. The molecular weight excluding hydrogens is 284 g/mol. The number of aryl methyl sites for hydroxylation is 1. The van der Waals surface area contributed by atoms with Gasteiger partial charge in [0.1, 0.15) is 11.6 Å². The van der Waals surface area contributed by atoms with E-state index in [2.05, 4.69) is 31.1 Å². The zero-order chi connectivity index (χ0) is 14.7. The first-order valence-corrected chi connectivity index (χ1v) is 8.07. The Morgan fingerprint density at radius 2 is 1.95 bits per heavy atom. The number of nitrogens with two attached hydrogens (primary N) is 1. The van der Waals surface area contributed by atoms with Crippen LogP contribution in [0.25, 0.3) is 0 Å². The largest absolute Gasteiger partial charge is 0.384 e. The summed E-state index contributed by atoms with van der Waals surface area (Å²) < 4.78 is 4.42. The summed E-state index contributed by atoms with van der Waals surface area (Å²) in [5.74, 6) is 1.54. The van der Waals surface area contributed by atoms with Crippen molar-refractivity contribution >= 4 is 28.2 Å². The molecule has 1 saturated heterocycles. The van der Waals surface area contributed by atoms with E-state index in [4.69, 9.17) is 5.73 Å². The number of pyridine rings is 1. The Kier molecular flexibility index (Phi) is 4.19. The molecule has 0 aliphatic carbocycles. The van der Waals surface area contributed by atoms with Crippen LogP contribution in [-0.2, 0) is 6.42 Å². The van der Waals surface area contributed by atoms with Gasteiger partial charge < -0.3 is 15.5 Å². The van der Waals surface area contributed by atoms with Gasteiger partial charge in [0.2, 0.25) is 5.13 Å². The molecule has 3 heterocycles. The van der Waals surface area contributed by atoms with Crippen molar-refractivity contribution in [2.45, 2.75) is 19.8 Å². The van der Waals surface area contributed by atoms with E-state index in [1.54, 1.807) is 0 Å². The van der Waals surface area contributed by atoms with Crippen LogP contribution in [0.2, 0.25) is 0 Å². The topological polar surface area (TPSA) is 71.2 Å². The van der Waals surface area contributed by atoms with Crippen LogP contribution in [0, 0.1) is 0 Å². The van der Waals surface area contributed by atoms with Gasteiger partial charge in [-0.3, -0.25) is 0 Å². The third-order valence-corrected chi connectivity index (χ3v) is 4.43. The summed E-state index contributed by atoms with van der Waals surface area (Å²) in [5.41, 5.74) is 6.76. The van der Waals surface area contributed by atoms with Gasteiger partial charge in [0, 0.05) is 44.1 Å². The number of anilines is 3. The molecule has 0 aromatic carbocycles. The highest BCUT2D eigenvalue weighted by molar-refractivity contribution is 7.09. The standard InChI is InChI=1S/C14H20N6S/c1-2-3-13-17-14(21-18-13)20-8-6-19(7-9-20)11-4-5-12(15)16-10-11/h4-5,10H,2-3,6-9H2,1H3,(H2,15,16). The van der Waals surface area contributed by atoms with E-state index in [0.29, 0.717) is 5.82 Å². The highest BCUT2D eigenvalue weighted by atomic mass is 32.1. The van der Waals surface area contributed by atoms with Crippen LogP contribution in [0.3, 0.4) is 0 Å². The Labute approximate surface area is 128 Å². The number of aromatic nitrogens is 3. The highest BCUT2D eigenvalue weighted by Crippen LogP contribution is 2.22. The monoisotopic (exact) mass is 304 g/mol. The van der Waals surface area contributed by atoms with E-state index in [1.807, 2.05) is 18.3 Å². The van der Waals surface area contributed by atoms with Crippen molar-refractivity contribution in [2.24, 2.45) is 0 Å². The average Bonchev–Trinajstić information content (AvgIpc) is 2.97. The molecule has 3 rings (SSSR count). The molecule has 0 radical (unpaired) electrons. The van der Waals surface area contributed by atoms with E-state index in [1.165, 1.54) is 11.5 Å². The van der Waals surface area contributed by atoms with Crippen molar-refractivity contribution in [2.75, 3.05) is 41.7 Å². The van der Waals surface area contributed by atoms with E-state index < -0.39 is 0 Å². The molecule has 7 heteroatoms. The minimum atomic E-state index is 0.565. The van der Waals surface area contributed by atoms with Crippen molar-refractivity contribution in [1.29, 1.82) is 0 Å². The molecule has 6 nitrogen and oxygen atoms in total. The van der Waals surface area contributed by atoms with Gasteiger partial charge in [0.05, 0.1) is 11.9 Å². The van der Waals surface area contributed by atoms with Gasteiger partial charge in [-0.2, -0.15) is 4.37 Å². The van der Waals surface area contributed by atoms with Gasteiger partial charge in [0.25, 0.3) is 0 Å². The summed E-state index contributed by atoms with van der Waals surface area (Å²) in [7, 11) is 0. The third-order valence-electron chi connectivity index (χ3n) is 3.62. The molecule has 1 fully saturated rings. The summed E-state index contributed by atoms with van der Waals surface area (Å²) in [4.78, 5) is 13.4. The van der Waals surface area contributed by atoms with Crippen LogP contribution in [-0.4, -0.2) is 40.5 Å². The van der Waals surface area contributed by atoms with E-state index in [-0.39, 0.29) is 0 Å². The zero-order valence-corrected chi connectivity index (χ0v) is 13.0. The number of hydrogen-bond acceptors (Lipinski definition) is 7. The molecule has 0 bridgehead atoms. The summed E-state index contributed by atoms with van der Waals surface area (Å²) in [6.45, 7) is 6.01. The zero-order valence-electron chi connectivity index (χ0n) is 12.2. The van der Waals surface area contributed by atoms with Gasteiger partial charge in [-0.1, -0.05) is 6.92 Å². The maximum atomic E-state index is 5.63. The van der Waals surface area contributed by atoms with Crippen LogP contribution < -0.4 is 15.5 Å². The molecule has 0 amide bonds. The van der Waals surface area contributed by atoms with Crippen molar-refractivity contribution in [1.82, 2.24) is 14.3 Å². The molecule has 0 unspecified atom stereocenters. The average molecular weight is 304 g/mol. The summed E-state index contributed by atoms with van der Waals surface area (Å²) in [5, 5.41) is 1.05. The van der Waals surface area contributed by atoms with Crippen LogP contribution in [0.15, 0.2) is 18.3 Å². The lowest BCUT2D eigenvalue weighted by atomic mass is 10.3. The number of piperazine rings is 1. The normalized spacial score (nSPS) is 15.5. The minimum Gasteiger partial charge on any atom is -0.384 e. The highest BCUT2D eigenvalue weighted by Gasteiger charge is 2.20. The molecule has 112 valence electrons. The Morgan fingerprint density at radius 1 is 1.19 bits per heavy atom. The van der Waals surface area contributed by atoms with Crippen molar-refractivity contribution < 1.29 is 0 Å². The number of nitrogens with zero attached hydrogens (tertiary/aromatic N) is 5. The molecule has 1 aliphatic rings. The summed E-state index contributed by atoms with van der Waals surface area (Å²) in [6, 6.07) is 3.88. The number of hydrogen-bond donors (Lipinski definition) is 1. The van der Waals surface area contributed by atoms with Gasteiger partial charge in [-0.05, 0) is 18.6 Å². The van der Waals surface area contributed by atoms with E-state index >= 15 is 0 Å². The maximum Gasteiger partial charge on any atom is 0.205 e. The second kappa shape index (κ2) is 6.26. The van der Waals surface area contributed by atoms with Crippen molar-refractivity contribution in [3.63, 3.8) is 0 Å². The lowest BCUT2D eigenvalue weighted by molar-refractivity contribution is 0.650. The molecule has 0 atom stereocenters. The molecule has 2 aromatic heterocycles. The first-order valence-electron chi connectivity index (χ1n) is 7.30. The van der Waals surface area contributed by atoms with Gasteiger partial charge in [0.15, 0.2) is 0 Å². The molecule has 2 N–H and O–H groups in total. The minimum absolute atomic E-state index is 0.565. The fourth-order valence-electron chi connectivity index (χ4n) is 2.44. The Bertz CT molecular complexity index is 573. The molecule has 1 aliphatic heterocycles. The predicted molar refractivity (Wildman–Crippen MR) is 87.0 cm³/mol. The van der Waals surface area contributed by atoms with Gasteiger partial charge in [-0.25, -0.2) is 9.97 Å². The van der Waals surface area contributed by atoms with Crippen LogP contribution in [0.5, 0.6) is 0 Å². The van der Waals surface area contributed by atoms with Crippen molar-refractivity contribution in [3.05, 3.63) is 24.2 Å². The maximum absolute atomic E-state index is 5.63. The molecular formula is C14H20N6S. The van der Waals surface area contributed by atoms with Gasteiger partial charge in [-0.15, -0.1) is 0 Å². The van der Waals surface area contributed by atoms with Crippen LogP contribution in [0.4, 0.5) is 16.6 Å². The third kappa shape index (κ3) is 3.24. The molecule has 2 aromatic rings. The van der Waals surface area contributed by atoms with Crippen molar-refractivity contribution in [3.8, 4) is 0 Å². The van der Waals surface area contributed by atoms with Gasteiger partial charge >= 0.3 is 0 Å². The quantitative estimate of drug-likeness (QED) is 0.928. The van der Waals surface area contributed by atoms with E-state index in [0.717, 1.165) is 55.7 Å². The number of nitrogen functional groups attached to an aromatic ring is 1. The summed E-state index contributed by atoms with van der Waals surface area (Å²) in [6.07, 6.45) is 3.90. The first-order chi connectivity index (χ1) is 10.3. The van der Waals surface area contributed by atoms with Crippen LogP contribution >= 0.6 is 11.5 Å². The first kappa shape index (κ1) is 14.1. The fraction of sp³-hybridized carbons (Fsp3) is 0.500. The molecule has 0 spiro atoms. The predicted octanol–water partition coefficient (Wildman–Crippen LogP) is 1.79.